The van der Waals surface area contributed by atoms with Crippen LogP contribution in [0.1, 0.15) is 43.4 Å². The van der Waals surface area contributed by atoms with E-state index in [1.807, 2.05) is 0 Å². The zero-order valence-electron chi connectivity index (χ0n) is 13.0. The van der Waals surface area contributed by atoms with Crippen molar-refractivity contribution < 1.29 is 4.79 Å². The molecule has 21 heavy (non-hydrogen) atoms. The molecule has 2 rings (SSSR count). The molecule has 1 fully saturated rings. The summed E-state index contributed by atoms with van der Waals surface area (Å²) in [6, 6.07) is 8.57. The Balaban J connectivity index is 1.80. The number of benzene rings is 1. The van der Waals surface area contributed by atoms with Crippen molar-refractivity contribution in [1.82, 2.24) is 10.6 Å². The Bertz CT molecular complexity index is 441. The van der Waals surface area contributed by atoms with Crippen molar-refractivity contribution in [3.05, 3.63) is 35.4 Å². The fourth-order valence-electron chi connectivity index (χ4n) is 2.61. The van der Waals surface area contributed by atoms with Crippen molar-refractivity contribution >= 4 is 17.7 Å². The molecule has 116 valence electrons. The normalized spacial score (nSPS) is 17.4. The summed E-state index contributed by atoms with van der Waals surface area (Å²) in [5.41, 5.74) is 2.45. The smallest absolute Gasteiger partial charge is 0.230 e. The van der Waals surface area contributed by atoms with E-state index < -0.39 is 0 Å². The van der Waals surface area contributed by atoms with Gasteiger partial charge in [0.25, 0.3) is 0 Å². The maximum atomic E-state index is 12.1. The van der Waals surface area contributed by atoms with Crippen LogP contribution in [0.4, 0.5) is 0 Å². The van der Waals surface area contributed by atoms with E-state index in [2.05, 4.69) is 48.7 Å². The molecule has 0 radical (unpaired) electrons. The fraction of sp³-hybridized carbons (Fsp3) is 0.588. The highest BCUT2D eigenvalue weighted by atomic mass is 32.2. The molecule has 1 aromatic rings. The molecule has 0 aliphatic carbocycles. The lowest BCUT2D eigenvalue weighted by atomic mass is 10.0. The third kappa shape index (κ3) is 5.36. The van der Waals surface area contributed by atoms with E-state index >= 15 is 0 Å². The number of carbonyl (C=O) groups excluding carboxylic acids is 1. The van der Waals surface area contributed by atoms with Gasteiger partial charge in [-0.05, 0) is 44.8 Å². The summed E-state index contributed by atoms with van der Waals surface area (Å²) in [7, 11) is 0. The van der Waals surface area contributed by atoms with Crippen molar-refractivity contribution in [1.29, 1.82) is 0 Å². The van der Waals surface area contributed by atoms with E-state index in [-0.39, 0.29) is 11.9 Å². The van der Waals surface area contributed by atoms with Crippen molar-refractivity contribution in [2.24, 2.45) is 0 Å². The Labute approximate surface area is 132 Å². The number of aryl methyl sites for hydroxylation is 1. The van der Waals surface area contributed by atoms with Crippen LogP contribution in [0.5, 0.6) is 0 Å². The zero-order valence-corrected chi connectivity index (χ0v) is 13.8. The van der Waals surface area contributed by atoms with E-state index in [0.29, 0.717) is 11.0 Å². The molecule has 1 aromatic carbocycles. The molecule has 1 unspecified atom stereocenters. The van der Waals surface area contributed by atoms with Crippen molar-refractivity contribution in [2.75, 3.05) is 18.8 Å². The van der Waals surface area contributed by atoms with Gasteiger partial charge in [-0.2, -0.15) is 0 Å². The van der Waals surface area contributed by atoms with Crippen LogP contribution in [0.25, 0.3) is 0 Å². The first-order valence-corrected chi connectivity index (χ1v) is 8.92. The maximum absolute atomic E-state index is 12.1. The molecule has 1 amide bonds. The van der Waals surface area contributed by atoms with Crippen molar-refractivity contribution in [3.63, 3.8) is 0 Å². The van der Waals surface area contributed by atoms with Gasteiger partial charge in [-0.15, -0.1) is 11.8 Å². The Hall–Kier alpha value is -1.00. The van der Waals surface area contributed by atoms with Crippen LogP contribution in [-0.2, 0) is 4.79 Å². The Morgan fingerprint density at radius 2 is 2.00 bits per heavy atom. The van der Waals surface area contributed by atoms with Crippen LogP contribution in [0.15, 0.2) is 24.3 Å². The predicted molar refractivity (Wildman–Crippen MR) is 90.7 cm³/mol. The number of hydrogen-bond acceptors (Lipinski definition) is 3. The summed E-state index contributed by atoms with van der Waals surface area (Å²) in [5.74, 6) is 0.735. The highest BCUT2D eigenvalue weighted by Gasteiger charge is 2.17. The summed E-state index contributed by atoms with van der Waals surface area (Å²) < 4.78 is 0. The molecule has 0 bridgehead atoms. The highest BCUT2D eigenvalue weighted by Crippen LogP contribution is 2.21. The standard InChI is InChI=1S/C17H26N2OS/c1-3-16(14-6-4-13(2)5-7-14)19-17(20)12-21-15-8-10-18-11-9-15/h4-7,15-16,18H,3,8-12H2,1-2H3,(H,19,20). The average Bonchev–Trinajstić information content (AvgIpc) is 2.52. The number of hydrogen-bond donors (Lipinski definition) is 2. The summed E-state index contributed by atoms with van der Waals surface area (Å²) in [5, 5.41) is 7.16. The number of amides is 1. The molecule has 1 heterocycles. The minimum absolute atomic E-state index is 0.131. The molecule has 4 heteroatoms. The first kappa shape index (κ1) is 16.4. The van der Waals surface area contributed by atoms with Gasteiger partial charge in [-0.3, -0.25) is 4.79 Å². The number of rotatable bonds is 6. The van der Waals surface area contributed by atoms with Gasteiger partial charge in [0, 0.05) is 5.25 Å². The SMILES string of the molecule is CCC(NC(=O)CSC1CCNCC1)c1ccc(C)cc1. The van der Waals surface area contributed by atoms with Crippen LogP contribution in [0, 0.1) is 6.92 Å². The molecular weight excluding hydrogens is 280 g/mol. The Kier molecular flexibility index (Phi) is 6.58. The lowest BCUT2D eigenvalue weighted by Crippen LogP contribution is -2.32. The number of thioether (sulfide) groups is 1. The van der Waals surface area contributed by atoms with Gasteiger partial charge in [0.1, 0.15) is 0 Å². The molecular formula is C17H26N2OS. The second kappa shape index (κ2) is 8.44. The molecule has 1 aliphatic rings. The van der Waals surface area contributed by atoms with Crippen molar-refractivity contribution in [2.45, 2.75) is 44.4 Å². The Morgan fingerprint density at radius 1 is 1.33 bits per heavy atom. The van der Waals surface area contributed by atoms with Gasteiger partial charge >= 0.3 is 0 Å². The summed E-state index contributed by atoms with van der Waals surface area (Å²) >= 11 is 1.80. The first-order valence-electron chi connectivity index (χ1n) is 7.87. The van der Waals surface area contributed by atoms with E-state index in [1.54, 1.807) is 11.8 Å². The molecule has 2 N–H and O–H groups in total. The second-order valence-electron chi connectivity index (χ2n) is 5.70. The maximum Gasteiger partial charge on any atom is 0.230 e. The average molecular weight is 306 g/mol. The van der Waals surface area contributed by atoms with Crippen LogP contribution < -0.4 is 10.6 Å². The van der Waals surface area contributed by atoms with Gasteiger partial charge < -0.3 is 10.6 Å². The summed E-state index contributed by atoms with van der Waals surface area (Å²) in [6.45, 7) is 6.37. The van der Waals surface area contributed by atoms with Crippen LogP contribution in [0.2, 0.25) is 0 Å². The van der Waals surface area contributed by atoms with Gasteiger partial charge in [-0.25, -0.2) is 0 Å². The third-order valence-corrected chi connectivity index (χ3v) is 5.33. The summed E-state index contributed by atoms with van der Waals surface area (Å²) in [6.07, 6.45) is 3.27. The van der Waals surface area contributed by atoms with Gasteiger partial charge in [0.15, 0.2) is 0 Å². The second-order valence-corrected chi connectivity index (χ2v) is 6.99. The van der Waals surface area contributed by atoms with Gasteiger partial charge in [-0.1, -0.05) is 36.8 Å². The zero-order chi connectivity index (χ0) is 15.1. The molecule has 0 spiro atoms. The van der Waals surface area contributed by atoms with Crippen molar-refractivity contribution in [3.8, 4) is 0 Å². The van der Waals surface area contributed by atoms with Crippen LogP contribution >= 0.6 is 11.8 Å². The minimum atomic E-state index is 0.131. The number of nitrogens with one attached hydrogen (secondary N) is 2. The monoisotopic (exact) mass is 306 g/mol. The molecule has 1 atom stereocenters. The number of piperidine rings is 1. The molecule has 1 saturated heterocycles. The lowest BCUT2D eigenvalue weighted by Gasteiger charge is -2.22. The summed E-state index contributed by atoms with van der Waals surface area (Å²) in [4.78, 5) is 12.1. The molecule has 3 nitrogen and oxygen atoms in total. The number of carbonyl (C=O) groups is 1. The van der Waals surface area contributed by atoms with E-state index in [0.717, 1.165) is 19.5 Å². The van der Waals surface area contributed by atoms with Crippen LogP contribution in [-0.4, -0.2) is 30.0 Å². The first-order chi connectivity index (χ1) is 10.2. The third-order valence-electron chi connectivity index (χ3n) is 3.96. The van der Waals surface area contributed by atoms with Gasteiger partial charge in [0.05, 0.1) is 11.8 Å². The lowest BCUT2D eigenvalue weighted by molar-refractivity contribution is -0.119. The topological polar surface area (TPSA) is 41.1 Å². The van der Waals surface area contributed by atoms with E-state index in [4.69, 9.17) is 0 Å². The molecule has 0 aromatic heterocycles. The van der Waals surface area contributed by atoms with Crippen LogP contribution in [0.3, 0.4) is 0 Å². The van der Waals surface area contributed by atoms with Gasteiger partial charge in [0.2, 0.25) is 5.91 Å². The van der Waals surface area contributed by atoms with E-state index in [9.17, 15) is 4.79 Å². The largest absolute Gasteiger partial charge is 0.349 e. The Morgan fingerprint density at radius 3 is 2.62 bits per heavy atom. The quantitative estimate of drug-likeness (QED) is 0.849. The highest BCUT2D eigenvalue weighted by molar-refractivity contribution is 8.00. The van der Waals surface area contributed by atoms with E-state index in [1.165, 1.54) is 24.0 Å². The predicted octanol–water partition coefficient (Wildman–Crippen LogP) is 3.05. The molecule has 0 saturated carbocycles. The minimum Gasteiger partial charge on any atom is -0.349 e. The fourth-order valence-corrected chi connectivity index (χ4v) is 3.65. The molecule has 1 aliphatic heterocycles.